The van der Waals surface area contributed by atoms with Crippen molar-refractivity contribution in [1.29, 1.82) is 5.26 Å². The molecule has 4 rings (SSSR count). The molecule has 1 aliphatic rings. The number of hydrogen-bond donors (Lipinski definition) is 1. The Hall–Kier alpha value is -3.69. The second-order valence-corrected chi connectivity index (χ2v) is 6.98. The number of amides is 1. The number of halogens is 1. The Bertz CT molecular complexity index is 1120. The second kappa shape index (κ2) is 8.76. The summed E-state index contributed by atoms with van der Waals surface area (Å²) in [7, 11) is 0. The maximum Gasteiger partial charge on any atom is 0.255 e. The number of ether oxygens (including phenoxy) is 3. The Morgan fingerprint density at radius 3 is 2.73 bits per heavy atom. The molecule has 3 aromatic carbocycles. The van der Waals surface area contributed by atoms with E-state index in [2.05, 4.69) is 11.4 Å². The Labute approximate surface area is 178 Å². The minimum atomic E-state index is -0.316. The Kier molecular flexibility index (Phi) is 5.73. The topological polar surface area (TPSA) is 80.6 Å². The molecule has 1 amide bonds. The normalized spacial score (nSPS) is 11.6. The second-order valence-electron chi connectivity index (χ2n) is 6.57. The quantitative estimate of drug-likeness (QED) is 0.609. The smallest absolute Gasteiger partial charge is 0.255 e. The van der Waals surface area contributed by atoms with E-state index in [9.17, 15) is 4.79 Å². The van der Waals surface area contributed by atoms with Crippen LogP contribution >= 0.6 is 11.6 Å². The number of nitrogens with one attached hydrogen (secondary N) is 1. The molecule has 0 spiro atoms. The first-order valence-electron chi connectivity index (χ1n) is 9.21. The molecule has 150 valence electrons. The lowest BCUT2D eigenvalue weighted by Gasteiger charge is -2.13. The largest absolute Gasteiger partial charge is 0.489 e. The summed E-state index contributed by atoms with van der Waals surface area (Å²) in [6, 6.07) is 20.0. The molecular formula is C23H17ClN2O4. The van der Waals surface area contributed by atoms with Crippen molar-refractivity contribution in [2.75, 3.05) is 12.1 Å². The first kappa shape index (κ1) is 19.6. The highest BCUT2D eigenvalue weighted by Gasteiger charge is 2.21. The van der Waals surface area contributed by atoms with Gasteiger partial charge in [0.25, 0.3) is 5.91 Å². The summed E-state index contributed by atoms with van der Waals surface area (Å²) in [6.07, 6.45) is 0.360. The fourth-order valence-electron chi connectivity index (χ4n) is 3.02. The number of nitriles is 1. The van der Waals surface area contributed by atoms with Crippen LogP contribution in [0.25, 0.3) is 0 Å². The van der Waals surface area contributed by atoms with Gasteiger partial charge in [-0.3, -0.25) is 4.79 Å². The van der Waals surface area contributed by atoms with Crippen LogP contribution in [0.3, 0.4) is 0 Å². The fourth-order valence-corrected chi connectivity index (χ4v) is 3.28. The van der Waals surface area contributed by atoms with Gasteiger partial charge < -0.3 is 19.5 Å². The predicted molar refractivity (Wildman–Crippen MR) is 112 cm³/mol. The van der Waals surface area contributed by atoms with E-state index in [1.54, 1.807) is 18.2 Å². The van der Waals surface area contributed by atoms with Crippen LogP contribution in [0.2, 0.25) is 5.02 Å². The molecular weight excluding hydrogens is 404 g/mol. The molecule has 0 aliphatic carbocycles. The molecule has 0 fully saturated rings. The van der Waals surface area contributed by atoms with Crippen molar-refractivity contribution in [2.24, 2.45) is 0 Å². The van der Waals surface area contributed by atoms with Crippen molar-refractivity contribution < 1.29 is 19.0 Å². The van der Waals surface area contributed by atoms with Crippen LogP contribution in [0.1, 0.15) is 21.5 Å². The zero-order chi connectivity index (χ0) is 20.9. The molecule has 0 radical (unpaired) electrons. The lowest BCUT2D eigenvalue weighted by Crippen LogP contribution is -2.14. The number of carbonyl (C=O) groups excluding carboxylic acids is 1. The summed E-state index contributed by atoms with van der Waals surface area (Å²) in [4.78, 5) is 12.8. The van der Waals surface area contributed by atoms with Crippen LogP contribution in [0.15, 0.2) is 60.7 Å². The molecule has 3 aromatic rings. The molecule has 1 aliphatic heterocycles. The molecule has 0 aromatic heterocycles. The van der Waals surface area contributed by atoms with E-state index in [-0.39, 0.29) is 19.3 Å². The maximum atomic E-state index is 12.8. The van der Waals surface area contributed by atoms with E-state index in [4.69, 9.17) is 31.1 Å². The zero-order valence-electron chi connectivity index (χ0n) is 15.9. The zero-order valence-corrected chi connectivity index (χ0v) is 16.6. The van der Waals surface area contributed by atoms with Gasteiger partial charge in [-0.15, -0.1) is 0 Å². The van der Waals surface area contributed by atoms with Crippen molar-refractivity contribution in [1.82, 2.24) is 0 Å². The summed E-state index contributed by atoms with van der Waals surface area (Å²) in [5.41, 5.74) is 2.75. The summed E-state index contributed by atoms with van der Waals surface area (Å²) in [6.45, 7) is 0.355. The van der Waals surface area contributed by atoms with Gasteiger partial charge in [-0.2, -0.15) is 5.26 Å². The number of carbonyl (C=O) groups is 1. The van der Waals surface area contributed by atoms with Gasteiger partial charge in [0.1, 0.15) is 12.4 Å². The number of fused-ring (bicyclic) bond motifs is 1. The van der Waals surface area contributed by atoms with Gasteiger partial charge in [0.05, 0.1) is 17.5 Å². The standard InChI is InChI=1S/C23H17ClN2O4/c24-19-11-17(12-21-22(19)30-14-29-21)23(27)26-20-4-2-1-3-16(20)13-28-18-7-5-15(6-8-18)9-10-25/h1-8,11-12H,9,13-14H2,(H,26,27). The number of rotatable bonds is 6. The third kappa shape index (κ3) is 4.32. The molecule has 1 heterocycles. The molecule has 1 N–H and O–H groups in total. The van der Waals surface area contributed by atoms with Crippen LogP contribution < -0.4 is 19.5 Å². The summed E-state index contributed by atoms with van der Waals surface area (Å²) in [5.74, 6) is 1.26. The first-order valence-corrected chi connectivity index (χ1v) is 9.59. The lowest BCUT2D eigenvalue weighted by atomic mass is 10.1. The van der Waals surface area contributed by atoms with Crippen molar-refractivity contribution in [3.05, 3.63) is 82.4 Å². The fraction of sp³-hybridized carbons (Fsp3) is 0.130. The van der Waals surface area contributed by atoms with Crippen molar-refractivity contribution >= 4 is 23.2 Å². The molecule has 0 atom stereocenters. The van der Waals surface area contributed by atoms with Crippen LogP contribution in [0.5, 0.6) is 17.2 Å². The third-order valence-electron chi connectivity index (χ3n) is 4.56. The molecule has 0 saturated heterocycles. The highest BCUT2D eigenvalue weighted by molar-refractivity contribution is 6.32. The van der Waals surface area contributed by atoms with E-state index in [0.29, 0.717) is 39.9 Å². The van der Waals surface area contributed by atoms with Crippen molar-refractivity contribution in [3.8, 4) is 23.3 Å². The number of benzene rings is 3. The van der Waals surface area contributed by atoms with E-state index in [1.807, 2.05) is 42.5 Å². The number of para-hydroxylation sites is 1. The average Bonchev–Trinajstić information content (AvgIpc) is 3.24. The van der Waals surface area contributed by atoms with E-state index in [0.717, 1.165) is 11.1 Å². The first-order chi connectivity index (χ1) is 14.6. The third-order valence-corrected chi connectivity index (χ3v) is 4.84. The summed E-state index contributed by atoms with van der Waals surface area (Å²) in [5, 5.41) is 12.0. The minimum Gasteiger partial charge on any atom is -0.489 e. The summed E-state index contributed by atoms with van der Waals surface area (Å²) < 4.78 is 16.4. The Balaban J connectivity index is 1.46. The van der Waals surface area contributed by atoms with Crippen molar-refractivity contribution in [2.45, 2.75) is 13.0 Å². The molecule has 30 heavy (non-hydrogen) atoms. The number of hydrogen-bond acceptors (Lipinski definition) is 5. The van der Waals surface area contributed by atoms with Gasteiger partial charge in [0.15, 0.2) is 11.5 Å². The van der Waals surface area contributed by atoms with Crippen molar-refractivity contribution in [3.63, 3.8) is 0 Å². The van der Waals surface area contributed by atoms with Crippen LogP contribution in [0.4, 0.5) is 5.69 Å². The Morgan fingerprint density at radius 2 is 1.93 bits per heavy atom. The van der Waals surface area contributed by atoms with Gasteiger partial charge in [-0.25, -0.2) is 0 Å². The highest BCUT2D eigenvalue weighted by atomic mass is 35.5. The lowest BCUT2D eigenvalue weighted by molar-refractivity contribution is 0.102. The monoisotopic (exact) mass is 420 g/mol. The SMILES string of the molecule is N#CCc1ccc(OCc2ccccc2NC(=O)c2cc(Cl)c3c(c2)OCO3)cc1. The van der Waals surface area contributed by atoms with Gasteiger partial charge in [0, 0.05) is 16.8 Å². The number of nitrogens with zero attached hydrogens (tertiary/aromatic N) is 1. The van der Waals surface area contributed by atoms with E-state index < -0.39 is 0 Å². The van der Waals surface area contributed by atoms with Gasteiger partial charge >= 0.3 is 0 Å². The molecule has 0 saturated carbocycles. The van der Waals surface area contributed by atoms with Crippen LogP contribution in [-0.2, 0) is 13.0 Å². The average molecular weight is 421 g/mol. The molecule has 0 bridgehead atoms. The summed E-state index contributed by atoms with van der Waals surface area (Å²) >= 11 is 6.18. The Morgan fingerprint density at radius 1 is 1.13 bits per heavy atom. The number of anilines is 1. The highest BCUT2D eigenvalue weighted by Crippen LogP contribution is 2.40. The van der Waals surface area contributed by atoms with Gasteiger partial charge in [-0.05, 0) is 35.9 Å². The molecule has 0 unspecified atom stereocenters. The van der Waals surface area contributed by atoms with Gasteiger partial charge in [0.2, 0.25) is 6.79 Å². The minimum absolute atomic E-state index is 0.0811. The van der Waals surface area contributed by atoms with Gasteiger partial charge in [-0.1, -0.05) is 41.9 Å². The van der Waals surface area contributed by atoms with Crippen LogP contribution in [-0.4, -0.2) is 12.7 Å². The molecule has 6 nitrogen and oxygen atoms in total. The van der Waals surface area contributed by atoms with Crippen LogP contribution in [0, 0.1) is 11.3 Å². The van der Waals surface area contributed by atoms with E-state index >= 15 is 0 Å². The molecule has 7 heteroatoms. The van der Waals surface area contributed by atoms with E-state index in [1.165, 1.54) is 0 Å². The maximum absolute atomic E-state index is 12.8. The predicted octanol–water partition coefficient (Wildman–Crippen LogP) is 4.97.